The van der Waals surface area contributed by atoms with Crippen LogP contribution in [0.4, 0.5) is 5.69 Å². The number of carbonyl (C=O) groups excluding carboxylic acids is 1. The lowest BCUT2D eigenvalue weighted by molar-refractivity contribution is -0.117. The molecule has 1 saturated heterocycles. The lowest BCUT2D eigenvalue weighted by Gasteiger charge is -2.20. The monoisotopic (exact) mass is 390 g/mol. The van der Waals surface area contributed by atoms with Gasteiger partial charge in [0.15, 0.2) is 11.5 Å². The molecule has 0 radical (unpaired) electrons. The molecule has 5 nitrogen and oxygen atoms in total. The average Bonchev–Trinajstić information content (AvgIpc) is 3.39. The maximum absolute atomic E-state index is 12.7. The molecule has 1 amide bonds. The minimum Gasteiger partial charge on any atom is -0.490 e. The first-order valence-corrected chi connectivity index (χ1v) is 10.4. The van der Waals surface area contributed by atoms with Crippen LogP contribution in [0.15, 0.2) is 42.5 Å². The summed E-state index contributed by atoms with van der Waals surface area (Å²) in [6, 6.07) is 15.4. The Balaban J connectivity index is 1.56. The third kappa shape index (κ3) is 4.22. The van der Waals surface area contributed by atoms with Gasteiger partial charge in [-0.15, -0.1) is 0 Å². The summed E-state index contributed by atoms with van der Waals surface area (Å²) in [5.41, 5.74) is 2.44. The van der Waals surface area contributed by atoms with Crippen LogP contribution in [-0.4, -0.2) is 25.2 Å². The minimum absolute atomic E-state index is 0.0808. The Labute approximate surface area is 171 Å². The van der Waals surface area contributed by atoms with E-state index >= 15 is 0 Å². The highest BCUT2D eigenvalue weighted by Crippen LogP contribution is 2.38. The Hall–Kier alpha value is -3.00. The second-order valence-corrected chi connectivity index (χ2v) is 7.73. The maximum Gasteiger partial charge on any atom is 0.227 e. The molecule has 150 valence electrons. The van der Waals surface area contributed by atoms with Crippen LogP contribution < -0.4 is 14.4 Å². The van der Waals surface area contributed by atoms with E-state index in [0.717, 1.165) is 35.6 Å². The number of hydrogen-bond donors (Lipinski definition) is 0. The van der Waals surface area contributed by atoms with Crippen molar-refractivity contribution in [2.75, 3.05) is 18.1 Å². The van der Waals surface area contributed by atoms with Crippen molar-refractivity contribution in [3.63, 3.8) is 0 Å². The smallest absolute Gasteiger partial charge is 0.227 e. The van der Waals surface area contributed by atoms with Crippen LogP contribution in [-0.2, 0) is 4.79 Å². The van der Waals surface area contributed by atoms with E-state index in [1.807, 2.05) is 31.2 Å². The summed E-state index contributed by atoms with van der Waals surface area (Å²) >= 11 is 0. The van der Waals surface area contributed by atoms with Gasteiger partial charge in [0.05, 0.1) is 24.3 Å². The van der Waals surface area contributed by atoms with E-state index in [9.17, 15) is 4.79 Å². The molecule has 0 aromatic heterocycles. The van der Waals surface area contributed by atoms with E-state index in [4.69, 9.17) is 14.7 Å². The van der Waals surface area contributed by atoms with Gasteiger partial charge in [0.1, 0.15) is 0 Å². The lowest BCUT2D eigenvalue weighted by atomic mass is 9.98. The van der Waals surface area contributed by atoms with Crippen molar-refractivity contribution in [2.45, 2.75) is 51.0 Å². The van der Waals surface area contributed by atoms with Gasteiger partial charge < -0.3 is 14.4 Å². The Morgan fingerprint density at radius 2 is 1.97 bits per heavy atom. The highest BCUT2D eigenvalue weighted by atomic mass is 16.5. The molecule has 5 heteroatoms. The summed E-state index contributed by atoms with van der Waals surface area (Å²) in [5.74, 6) is 1.73. The fourth-order valence-electron chi connectivity index (χ4n) is 4.25. The summed E-state index contributed by atoms with van der Waals surface area (Å²) in [7, 11) is 0. The van der Waals surface area contributed by atoms with E-state index in [1.54, 1.807) is 17.0 Å². The van der Waals surface area contributed by atoms with Crippen molar-refractivity contribution in [2.24, 2.45) is 0 Å². The molecule has 0 bridgehead atoms. The quantitative estimate of drug-likeness (QED) is 0.711. The van der Waals surface area contributed by atoms with Gasteiger partial charge in [-0.25, -0.2) is 0 Å². The zero-order valence-corrected chi connectivity index (χ0v) is 16.8. The van der Waals surface area contributed by atoms with Crippen LogP contribution in [0, 0.1) is 11.3 Å². The predicted molar refractivity (Wildman–Crippen MR) is 111 cm³/mol. The highest BCUT2D eigenvalue weighted by molar-refractivity contribution is 5.96. The van der Waals surface area contributed by atoms with Crippen LogP contribution in [0.1, 0.15) is 56.1 Å². The molecule has 29 heavy (non-hydrogen) atoms. The number of carbonyl (C=O) groups is 1. The normalized spacial score (nSPS) is 19.4. The summed E-state index contributed by atoms with van der Waals surface area (Å²) in [4.78, 5) is 14.5. The molecule has 1 atom stereocenters. The predicted octanol–water partition coefficient (Wildman–Crippen LogP) is 4.80. The zero-order valence-electron chi connectivity index (χ0n) is 16.8. The van der Waals surface area contributed by atoms with E-state index in [1.165, 1.54) is 12.8 Å². The summed E-state index contributed by atoms with van der Waals surface area (Å²) < 4.78 is 12.0. The maximum atomic E-state index is 12.7. The summed E-state index contributed by atoms with van der Waals surface area (Å²) in [6.07, 6.45) is 5.29. The first-order valence-electron chi connectivity index (χ1n) is 10.4. The fraction of sp³-hybridized carbons (Fsp3) is 0.417. The molecule has 1 aliphatic carbocycles. The number of anilines is 1. The minimum atomic E-state index is 0.0808. The third-order valence-electron chi connectivity index (χ3n) is 5.75. The van der Waals surface area contributed by atoms with Crippen LogP contribution in [0.25, 0.3) is 0 Å². The van der Waals surface area contributed by atoms with E-state index in [0.29, 0.717) is 25.1 Å². The molecule has 1 heterocycles. The number of rotatable bonds is 6. The topological polar surface area (TPSA) is 62.6 Å². The van der Waals surface area contributed by atoms with Crippen LogP contribution in [0.5, 0.6) is 11.5 Å². The standard InChI is InChI=1S/C24H26N2O3/c1-2-28-22-11-10-18(13-23(22)29-21-8-3-4-9-21)19-14-24(27)26(16-19)20-7-5-6-17(12-20)15-25/h5-7,10-13,19,21H,2-4,8-9,14,16H2,1H3/t19-/m0/s1. The van der Waals surface area contributed by atoms with Gasteiger partial charge in [0.25, 0.3) is 0 Å². The fourth-order valence-corrected chi connectivity index (χ4v) is 4.25. The van der Waals surface area contributed by atoms with Crippen LogP contribution >= 0.6 is 0 Å². The van der Waals surface area contributed by atoms with Gasteiger partial charge in [-0.05, 0) is 68.5 Å². The zero-order chi connectivity index (χ0) is 20.2. The molecule has 0 unspecified atom stereocenters. The van der Waals surface area contributed by atoms with Gasteiger partial charge in [-0.1, -0.05) is 12.1 Å². The van der Waals surface area contributed by atoms with E-state index < -0.39 is 0 Å². The summed E-state index contributed by atoms with van der Waals surface area (Å²) in [5, 5.41) is 9.14. The summed E-state index contributed by atoms with van der Waals surface area (Å²) in [6.45, 7) is 3.16. The van der Waals surface area contributed by atoms with Gasteiger partial charge in [-0.3, -0.25) is 4.79 Å². The Morgan fingerprint density at radius 3 is 2.72 bits per heavy atom. The average molecular weight is 390 g/mol. The molecule has 1 aliphatic heterocycles. The number of hydrogen-bond acceptors (Lipinski definition) is 4. The second kappa shape index (κ2) is 8.57. The second-order valence-electron chi connectivity index (χ2n) is 7.73. The molecule has 2 aliphatic rings. The number of nitrogens with zero attached hydrogens (tertiary/aromatic N) is 2. The van der Waals surface area contributed by atoms with Gasteiger partial charge in [0, 0.05) is 24.6 Å². The van der Waals surface area contributed by atoms with Crippen molar-refractivity contribution in [3.05, 3.63) is 53.6 Å². The third-order valence-corrected chi connectivity index (χ3v) is 5.75. The first kappa shape index (κ1) is 19.3. The van der Waals surface area contributed by atoms with Crippen molar-refractivity contribution < 1.29 is 14.3 Å². The molecule has 2 fully saturated rings. The molecule has 0 spiro atoms. The molecule has 2 aromatic carbocycles. The molecule has 1 saturated carbocycles. The molecule has 0 N–H and O–H groups in total. The molecular weight excluding hydrogens is 364 g/mol. The van der Waals surface area contributed by atoms with Crippen LogP contribution in [0.3, 0.4) is 0 Å². The Bertz CT molecular complexity index is 928. The van der Waals surface area contributed by atoms with Gasteiger partial charge in [0.2, 0.25) is 5.91 Å². The lowest BCUT2D eigenvalue weighted by Crippen LogP contribution is -2.24. The molecule has 4 rings (SSSR count). The highest BCUT2D eigenvalue weighted by Gasteiger charge is 2.32. The number of nitriles is 1. The molecular formula is C24H26N2O3. The van der Waals surface area contributed by atoms with E-state index in [2.05, 4.69) is 12.1 Å². The van der Waals surface area contributed by atoms with Gasteiger partial charge in [-0.2, -0.15) is 5.26 Å². The Morgan fingerprint density at radius 1 is 1.14 bits per heavy atom. The Kier molecular flexibility index (Phi) is 5.71. The number of amides is 1. The SMILES string of the molecule is CCOc1ccc([C@H]2CC(=O)N(c3cccc(C#N)c3)C2)cc1OC1CCCC1. The van der Waals surface area contributed by atoms with Crippen molar-refractivity contribution in [1.82, 2.24) is 0 Å². The number of ether oxygens (including phenoxy) is 2. The molecule has 2 aromatic rings. The van der Waals surface area contributed by atoms with Crippen molar-refractivity contribution in [1.29, 1.82) is 5.26 Å². The largest absolute Gasteiger partial charge is 0.490 e. The van der Waals surface area contributed by atoms with Crippen molar-refractivity contribution in [3.8, 4) is 17.6 Å². The number of benzene rings is 2. The van der Waals surface area contributed by atoms with Crippen molar-refractivity contribution >= 4 is 11.6 Å². The first-order chi connectivity index (χ1) is 14.2. The van der Waals surface area contributed by atoms with E-state index in [-0.39, 0.29) is 17.9 Å². The van der Waals surface area contributed by atoms with Crippen LogP contribution in [0.2, 0.25) is 0 Å². The van der Waals surface area contributed by atoms with Gasteiger partial charge >= 0.3 is 0 Å².